The first kappa shape index (κ1) is 11.5. The minimum atomic E-state index is -1.56. The molecule has 0 aromatic rings. The second-order valence-corrected chi connectivity index (χ2v) is 5.52. The molecule has 4 nitrogen and oxygen atoms in total. The summed E-state index contributed by atoms with van der Waals surface area (Å²) >= 11 is 0. The number of rotatable bonds is 0. The highest BCUT2D eigenvalue weighted by atomic mass is 14.7. The molecule has 3 aliphatic rings. The van der Waals surface area contributed by atoms with Crippen LogP contribution in [0.25, 0.3) is 0 Å². The van der Waals surface area contributed by atoms with Crippen LogP contribution in [0.5, 0.6) is 0 Å². The maximum atomic E-state index is 9.58. The van der Waals surface area contributed by atoms with Crippen molar-refractivity contribution in [2.75, 3.05) is 0 Å². The fourth-order valence-corrected chi connectivity index (χ4v) is 4.31. The van der Waals surface area contributed by atoms with E-state index in [9.17, 15) is 21.0 Å². The summed E-state index contributed by atoms with van der Waals surface area (Å²) in [4.78, 5) is 0. The average molecular weight is 246 g/mol. The van der Waals surface area contributed by atoms with Crippen LogP contribution >= 0.6 is 0 Å². The largest absolute Gasteiger partial charge is 0.196 e. The Hall–Kier alpha value is -2.56. The summed E-state index contributed by atoms with van der Waals surface area (Å²) in [5.41, 5.74) is -2.17. The zero-order valence-electron chi connectivity index (χ0n) is 10.3. The third kappa shape index (κ3) is 0.907. The van der Waals surface area contributed by atoms with Crippen molar-refractivity contribution < 1.29 is 0 Å². The molecule has 1 saturated carbocycles. The topological polar surface area (TPSA) is 95.2 Å². The van der Waals surface area contributed by atoms with Gasteiger partial charge < -0.3 is 0 Å². The molecular formula is C15H10N4. The summed E-state index contributed by atoms with van der Waals surface area (Å²) in [6, 6.07) is 8.08. The van der Waals surface area contributed by atoms with E-state index in [0.29, 0.717) is 0 Å². The van der Waals surface area contributed by atoms with Crippen LogP contribution in [0.3, 0.4) is 0 Å². The summed E-state index contributed by atoms with van der Waals surface area (Å²) in [7, 11) is 0. The van der Waals surface area contributed by atoms with E-state index in [1.807, 2.05) is 43.4 Å². The summed E-state index contributed by atoms with van der Waals surface area (Å²) in [6.45, 7) is 1.89. The number of nitriles is 4. The molecule has 0 unspecified atom stereocenters. The molecule has 90 valence electrons. The molecule has 3 aliphatic carbocycles. The first-order chi connectivity index (χ1) is 9.11. The van der Waals surface area contributed by atoms with Crippen molar-refractivity contribution in [3.8, 4) is 24.3 Å². The Morgan fingerprint density at radius 1 is 0.947 bits per heavy atom. The molecule has 4 atom stereocenters. The van der Waals surface area contributed by atoms with E-state index >= 15 is 0 Å². The SMILES string of the molecule is CC1=C[C@@H]2C=C[C@@H]3[C@@H]2[C@@H]1C(C#N)(C#N)C3(C#N)C#N. The van der Waals surface area contributed by atoms with Crippen molar-refractivity contribution >= 4 is 0 Å². The number of allylic oxidation sites excluding steroid dienone is 4. The molecule has 0 radical (unpaired) electrons. The minimum Gasteiger partial charge on any atom is -0.196 e. The Morgan fingerprint density at radius 3 is 2.05 bits per heavy atom. The monoisotopic (exact) mass is 246 g/mol. The van der Waals surface area contributed by atoms with Gasteiger partial charge in [-0.05, 0) is 18.8 Å². The van der Waals surface area contributed by atoms with Gasteiger partial charge in [-0.3, -0.25) is 0 Å². The zero-order valence-corrected chi connectivity index (χ0v) is 10.3. The van der Waals surface area contributed by atoms with Crippen molar-refractivity contribution in [2.45, 2.75) is 6.92 Å². The van der Waals surface area contributed by atoms with Crippen molar-refractivity contribution in [1.82, 2.24) is 0 Å². The lowest BCUT2D eigenvalue weighted by atomic mass is 9.62. The fraction of sp³-hybridized carbons (Fsp3) is 0.467. The van der Waals surface area contributed by atoms with Crippen LogP contribution in [0.1, 0.15) is 6.92 Å². The molecule has 0 bridgehead atoms. The highest BCUT2D eigenvalue weighted by molar-refractivity contribution is 5.50. The lowest BCUT2D eigenvalue weighted by molar-refractivity contribution is 0.284. The third-order valence-electron chi connectivity index (χ3n) is 5.02. The van der Waals surface area contributed by atoms with Gasteiger partial charge in [-0.15, -0.1) is 0 Å². The molecule has 19 heavy (non-hydrogen) atoms. The minimum absolute atomic E-state index is 0.0126. The Morgan fingerprint density at radius 2 is 1.53 bits per heavy atom. The first-order valence-corrected chi connectivity index (χ1v) is 6.13. The van der Waals surface area contributed by atoms with Crippen molar-refractivity contribution in [2.24, 2.45) is 34.5 Å². The predicted molar refractivity (Wildman–Crippen MR) is 64.2 cm³/mol. The zero-order chi connectivity index (χ0) is 13.8. The average Bonchev–Trinajstić information content (AvgIpc) is 3.03. The lowest BCUT2D eigenvalue weighted by Crippen LogP contribution is -2.40. The van der Waals surface area contributed by atoms with Crippen molar-refractivity contribution in [3.63, 3.8) is 0 Å². The fourth-order valence-electron chi connectivity index (χ4n) is 4.31. The molecule has 0 aromatic carbocycles. The van der Waals surface area contributed by atoms with Crippen LogP contribution in [0, 0.1) is 79.8 Å². The van der Waals surface area contributed by atoms with Crippen LogP contribution < -0.4 is 0 Å². The van der Waals surface area contributed by atoms with Gasteiger partial charge in [0.15, 0.2) is 10.8 Å². The summed E-state index contributed by atoms with van der Waals surface area (Å²) in [6.07, 6.45) is 5.92. The Kier molecular flexibility index (Phi) is 1.98. The van der Waals surface area contributed by atoms with E-state index in [0.717, 1.165) is 5.57 Å². The highest BCUT2D eigenvalue weighted by Gasteiger charge is 2.74. The van der Waals surface area contributed by atoms with E-state index in [1.165, 1.54) is 0 Å². The normalized spacial score (nSPS) is 38.5. The van der Waals surface area contributed by atoms with Gasteiger partial charge >= 0.3 is 0 Å². The maximum absolute atomic E-state index is 9.58. The standard InChI is InChI=1S/C15H10N4/c1-9-4-10-2-3-11-12(10)13(9)15(7-18,8-19)14(11,5-16)6-17/h2-4,10-13H,1H3/t10-,11+,12+,13+/m0/s1. The maximum Gasteiger partial charge on any atom is 0.182 e. The van der Waals surface area contributed by atoms with Gasteiger partial charge in [-0.25, -0.2) is 0 Å². The Labute approximate surface area is 111 Å². The number of hydrogen-bond acceptors (Lipinski definition) is 4. The molecular weight excluding hydrogens is 236 g/mol. The van der Waals surface area contributed by atoms with Gasteiger partial charge in [0.1, 0.15) is 0 Å². The number of nitrogens with zero attached hydrogens (tertiary/aromatic N) is 4. The Balaban J connectivity index is 2.36. The van der Waals surface area contributed by atoms with E-state index in [4.69, 9.17) is 0 Å². The van der Waals surface area contributed by atoms with Crippen LogP contribution in [-0.4, -0.2) is 0 Å². The molecule has 3 rings (SSSR count). The molecule has 0 spiro atoms. The quantitative estimate of drug-likeness (QED) is 0.611. The summed E-state index contributed by atoms with van der Waals surface area (Å²) in [5, 5.41) is 38.3. The highest BCUT2D eigenvalue weighted by Crippen LogP contribution is 2.69. The van der Waals surface area contributed by atoms with Crippen molar-refractivity contribution in [3.05, 3.63) is 23.8 Å². The third-order valence-corrected chi connectivity index (χ3v) is 5.02. The molecule has 1 fully saturated rings. The molecule has 0 N–H and O–H groups in total. The summed E-state index contributed by atoms with van der Waals surface area (Å²) < 4.78 is 0. The molecule has 4 heteroatoms. The van der Waals surface area contributed by atoms with Gasteiger partial charge in [-0.2, -0.15) is 21.0 Å². The smallest absolute Gasteiger partial charge is 0.182 e. The van der Waals surface area contributed by atoms with E-state index in [1.54, 1.807) is 0 Å². The second kappa shape index (κ2) is 3.26. The van der Waals surface area contributed by atoms with Gasteiger partial charge in [0.2, 0.25) is 0 Å². The Bertz CT molecular complexity index is 658. The van der Waals surface area contributed by atoms with Crippen LogP contribution in [0.2, 0.25) is 0 Å². The molecule has 0 heterocycles. The number of hydrogen-bond donors (Lipinski definition) is 0. The van der Waals surface area contributed by atoms with E-state index in [-0.39, 0.29) is 23.7 Å². The summed E-state index contributed by atoms with van der Waals surface area (Å²) in [5.74, 6) is -0.476. The van der Waals surface area contributed by atoms with Crippen LogP contribution in [0.15, 0.2) is 23.8 Å². The van der Waals surface area contributed by atoms with Crippen LogP contribution in [-0.2, 0) is 0 Å². The van der Waals surface area contributed by atoms with Crippen molar-refractivity contribution in [1.29, 1.82) is 21.0 Å². The molecule has 0 saturated heterocycles. The van der Waals surface area contributed by atoms with E-state index in [2.05, 4.69) is 6.08 Å². The van der Waals surface area contributed by atoms with Gasteiger partial charge in [0.05, 0.1) is 24.3 Å². The van der Waals surface area contributed by atoms with Gasteiger partial charge in [0, 0.05) is 11.8 Å². The lowest BCUT2D eigenvalue weighted by Gasteiger charge is -2.29. The van der Waals surface area contributed by atoms with Crippen LogP contribution in [0.4, 0.5) is 0 Å². The first-order valence-electron chi connectivity index (χ1n) is 6.13. The molecule has 0 aliphatic heterocycles. The predicted octanol–water partition coefficient (Wildman–Crippen LogP) is 2.06. The van der Waals surface area contributed by atoms with Gasteiger partial charge in [-0.1, -0.05) is 23.8 Å². The molecule has 0 aromatic heterocycles. The van der Waals surface area contributed by atoms with Gasteiger partial charge in [0.25, 0.3) is 0 Å². The second-order valence-electron chi connectivity index (χ2n) is 5.52. The van der Waals surface area contributed by atoms with E-state index < -0.39 is 10.8 Å². The molecule has 0 amide bonds.